The first kappa shape index (κ1) is 16.3. The van der Waals surface area contributed by atoms with Crippen molar-refractivity contribution in [2.75, 3.05) is 23.8 Å². The van der Waals surface area contributed by atoms with Crippen molar-refractivity contribution >= 4 is 23.3 Å². The summed E-state index contributed by atoms with van der Waals surface area (Å²) in [4.78, 5) is 23.2. The zero-order valence-electron chi connectivity index (χ0n) is 12.6. The normalized spacial score (nSPS) is 18.5. The van der Waals surface area contributed by atoms with Crippen LogP contribution in [0, 0.1) is 0 Å². The van der Waals surface area contributed by atoms with Gasteiger partial charge in [-0.2, -0.15) is 0 Å². The van der Waals surface area contributed by atoms with Crippen LogP contribution in [-0.4, -0.2) is 37.2 Å². The van der Waals surface area contributed by atoms with Gasteiger partial charge >= 0.3 is 6.03 Å². The molecule has 2 atom stereocenters. The maximum atomic E-state index is 11.8. The summed E-state index contributed by atoms with van der Waals surface area (Å²) in [5, 5.41) is 8.18. The summed E-state index contributed by atoms with van der Waals surface area (Å²) in [6, 6.07) is 5.99. The number of urea groups is 1. The summed E-state index contributed by atoms with van der Waals surface area (Å²) in [5.74, 6) is -0.255. The van der Waals surface area contributed by atoms with E-state index in [1.54, 1.807) is 31.2 Å². The van der Waals surface area contributed by atoms with Gasteiger partial charge in [0.1, 0.15) is 0 Å². The summed E-state index contributed by atoms with van der Waals surface area (Å²) in [6.45, 7) is 2.89. The summed E-state index contributed by atoms with van der Waals surface area (Å²) in [6.07, 6.45) is 2.14. The first-order valence-corrected chi connectivity index (χ1v) is 7.37. The second kappa shape index (κ2) is 7.77. The molecule has 1 unspecified atom stereocenters. The molecule has 1 aromatic rings. The standard InChI is InChI=1S/C15H22N4O3/c1-10(16)14(20)18-11-4-6-12(7-5-11)19-15(21)17-9-13-3-2-8-22-13/h4-7,10,13H,2-3,8-9,16H2,1H3,(H,18,20)(H2,17,19,21)/t10-,13?/m1/s1. The smallest absolute Gasteiger partial charge is 0.319 e. The Balaban J connectivity index is 1.77. The number of amides is 3. The molecule has 0 spiro atoms. The van der Waals surface area contributed by atoms with Gasteiger partial charge in [0.2, 0.25) is 5.91 Å². The van der Waals surface area contributed by atoms with Crippen molar-refractivity contribution in [1.29, 1.82) is 0 Å². The number of nitrogens with two attached hydrogens (primary N) is 1. The molecule has 1 aromatic carbocycles. The van der Waals surface area contributed by atoms with Crippen molar-refractivity contribution in [2.24, 2.45) is 5.73 Å². The fourth-order valence-electron chi connectivity index (χ4n) is 2.08. The van der Waals surface area contributed by atoms with E-state index in [2.05, 4.69) is 16.0 Å². The SMILES string of the molecule is C[C@@H](N)C(=O)Nc1ccc(NC(=O)NCC2CCCO2)cc1. The molecule has 7 heteroatoms. The topological polar surface area (TPSA) is 105 Å². The lowest BCUT2D eigenvalue weighted by Crippen LogP contribution is -2.35. The van der Waals surface area contributed by atoms with E-state index in [-0.39, 0.29) is 18.0 Å². The van der Waals surface area contributed by atoms with E-state index < -0.39 is 6.04 Å². The maximum Gasteiger partial charge on any atom is 0.319 e. The second-order valence-corrected chi connectivity index (χ2v) is 5.33. The van der Waals surface area contributed by atoms with E-state index >= 15 is 0 Å². The monoisotopic (exact) mass is 306 g/mol. The Hall–Kier alpha value is -2.12. The summed E-state index contributed by atoms with van der Waals surface area (Å²) < 4.78 is 5.43. The number of nitrogens with one attached hydrogen (secondary N) is 3. The predicted molar refractivity (Wildman–Crippen MR) is 84.7 cm³/mol. The van der Waals surface area contributed by atoms with Crippen molar-refractivity contribution in [3.63, 3.8) is 0 Å². The average Bonchev–Trinajstić information content (AvgIpc) is 3.00. The largest absolute Gasteiger partial charge is 0.376 e. The van der Waals surface area contributed by atoms with E-state index in [9.17, 15) is 9.59 Å². The molecule has 1 heterocycles. The molecule has 22 heavy (non-hydrogen) atoms. The molecule has 3 amide bonds. The van der Waals surface area contributed by atoms with Crippen LogP contribution in [0.3, 0.4) is 0 Å². The molecule has 2 rings (SSSR count). The van der Waals surface area contributed by atoms with Crippen LogP contribution >= 0.6 is 0 Å². The van der Waals surface area contributed by atoms with Gasteiger partial charge in [-0.15, -0.1) is 0 Å². The van der Waals surface area contributed by atoms with Crippen LogP contribution in [0.4, 0.5) is 16.2 Å². The lowest BCUT2D eigenvalue weighted by molar-refractivity contribution is -0.117. The molecule has 0 aromatic heterocycles. The third-order valence-electron chi connectivity index (χ3n) is 3.34. The van der Waals surface area contributed by atoms with Crippen molar-refractivity contribution < 1.29 is 14.3 Å². The van der Waals surface area contributed by atoms with Gasteiger partial charge in [0.15, 0.2) is 0 Å². The van der Waals surface area contributed by atoms with Gasteiger partial charge < -0.3 is 26.4 Å². The highest BCUT2D eigenvalue weighted by Crippen LogP contribution is 2.14. The molecule has 7 nitrogen and oxygen atoms in total. The fraction of sp³-hybridized carbons (Fsp3) is 0.467. The number of anilines is 2. The lowest BCUT2D eigenvalue weighted by Gasteiger charge is -2.12. The highest BCUT2D eigenvalue weighted by molar-refractivity contribution is 5.95. The molecular weight excluding hydrogens is 284 g/mol. The van der Waals surface area contributed by atoms with Crippen molar-refractivity contribution in [2.45, 2.75) is 31.9 Å². The highest BCUT2D eigenvalue weighted by atomic mass is 16.5. The molecule has 0 bridgehead atoms. The Labute approximate surface area is 129 Å². The van der Waals surface area contributed by atoms with Gasteiger partial charge in [0.25, 0.3) is 0 Å². The Morgan fingerprint density at radius 3 is 2.45 bits per heavy atom. The minimum absolute atomic E-state index is 0.113. The quantitative estimate of drug-likeness (QED) is 0.657. The van der Waals surface area contributed by atoms with Crippen LogP contribution in [0.1, 0.15) is 19.8 Å². The van der Waals surface area contributed by atoms with Crippen LogP contribution < -0.4 is 21.7 Å². The van der Waals surface area contributed by atoms with Gasteiger partial charge in [0.05, 0.1) is 12.1 Å². The minimum atomic E-state index is -0.568. The first-order chi connectivity index (χ1) is 10.5. The summed E-state index contributed by atoms with van der Waals surface area (Å²) in [7, 11) is 0. The summed E-state index contributed by atoms with van der Waals surface area (Å²) >= 11 is 0. The number of carbonyl (C=O) groups is 2. The number of hydrogen-bond donors (Lipinski definition) is 4. The first-order valence-electron chi connectivity index (χ1n) is 7.37. The molecule has 0 saturated carbocycles. The number of ether oxygens (including phenoxy) is 1. The molecule has 5 N–H and O–H groups in total. The Morgan fingerprint density at radius 2 is 1.91 bits per heavy atom. The van der Waals surface area contributed by atoms with Crippen LogP contribution in [-0.2, 0) is 9.53 Å². The van der Waals surface area contributed by atoms with Crippen molar-refractivity contribution in [1.82, 2.24) is 5.32 Å². The van der Waals surface area contributed by atoms with Crippen LogP contribution in [0.5, 0.6) is 0 Å². The van der Waals surface area contributed by atoms with Gasteiger partial charge in [-0.1, -0.05) is 0 Å². The minimum Gasteiger partial charge on any atom is -0.376 e. The van der Waals surface area contributed by atoms with Gasteiger partial charge in [0, 0.05) is 24.5 Å². The van der Waals surface area contributed by atoms with Gasteiger partial charge in [-0.3, -0.25) is 4.79 Å². The van der Waals surface area contributed by atoms with E-state index in [0.717, 1.165) is 19.4 Å². The molecule has 1 aliphatic rings. The van der Waals surface area contributed by atoms with Crippen molar-refractivity contribution in [3.05, 3.63) is 24.3 Å². The van der Waals surface area contributed by atoms with Crippen LogP contribution in [0.2, 0.25) is 0 Å². The highest BCUT2D eigenvalue weighted by Gasteiger charge is 2.16. The average molecular weight is 306 g/mol. The van der Waals surface area contributed by atoms with E-state index in [0.29, 0.717) is 17.9 Å². The van der Waals surface area contributed by atoms with Gasteiger partial charge in [-0.05, 0) is 44.0 Å². The molecule has 0 radical (unpaired) electrons. The Morgan fingerprint density at radius 1 is 1.27 bits per heavy atom. The predicted octanol–water partition coefficient (Wildman–Crippen LogP) is 1.27. The maximum absolute atomic E-state index is 11.8. The van der Waals surface area contributed by atoms with Crippen LogP contribution in [0.15, 0.2) is 24.3 Å². The number of rotatable bonds is 5. The number of hydrogen-bond acceptors (Lipinski definition) is 4. The second-order valence-electron chi connectivity index (χ2n) is 5.33. The fourth-order valence-corrected chi connectivity index (χ4v) is 2.08. The number of benzene rings is 1. The molecule has 120 valence electrons. The Bertz CT molecular complexity index is 510. The van der Waals surface area contributed by atoms with E-state index in [1.807, 2.05) is 0 Å². The summed E-state index contributed by atoms with van der Waals surface area (Å²) in [5.41, 5.74) is 6.75. The zero-order chi connectivity index (χ0) is 15.9. The third-order valence-corrected chi connectivity index (χ3v) is 3.34. The molecule has 0 aliphatic carbocycles. The molecule has 1 aliphatic heterocycles. The molecule has 1 saturated heterocycles. The van der Waals surface area contributed by atoms with Crippen LogP contribution in [0.25, 0.3) is 0 Å². The molecular formula is C15H22N4O3. The zero-order valence-corrected chi connectivity index (χ0v) is 12.6. The number of carbonyl (C=O) groups excluding carboxylic acids is 2. The molecule has 1 fully saturated rings. The Kier molecular flexibility index (Phi) is 5.74. The lowest BCUT2D eigenvalue weighted by atomic mass is 10.2. The van der Waals surface area contributed by atoms with E-state index in [4.69, 9.17) is 10.5 Å². The van der Waals surface area contributed by atoms with Gasteiger partial charge in [-0.25, -0.2) is 4.79 Å². The van der Waals surface area contributed by atoms with Crippen molar-refractivity contribution in [3.8, 4) is 0 Å². The third kappa shape index (κ3) is 5.01. The van der Waals surface area contributed by atoms with E-state index in [1.165, 1.54) is 0 Å².